The fourth-order valence-electron chi connectivity index (χ4n) is 2.52. The van der Waals surface area contributed by atoms with Gasteiger partial charge in [0.05, 0.1) is 13.2 Å². The first-order chi connectivity index (χ1) is 14.1. The summed E-state index contributed by atoms with van der Waals surface area (Å²) in [5, 5.41) is 15.5. The molecule has 1 amide bonds. The van der Waals surface area contributed by atoms with E-state index >= 15 is 0 Å². The van der Waals surface area contributed by atoms with Crippen LogP contribution in [-0.4, -0.2) is 25.7 Å². The summed E-state index contributed by atoms with van der Waals surface area (Å²) in [5.41, 5.74) is 1.61. The minimum Gasteiger partial charge on any atom is -0.490 e. The summed E-state index contributed by atoms with van der Waals surface area (Å²) in [6.45, 7) is 5.53. The summed E-state index contributed by atoms with van der Waals surface area (Å²) < 4.78 is 11.2. The molecule has 7 heteroatoms. The van der Waals surface area contributed by atoms with E-state index in [0.717, 1.165) is 11.3 Å². The van der Waals surface area contributed by atoms with Crippen LogP contribution in [0.4, 0.5) is 5.69 Å². The molecule has 0 heterocycles. The first-order valence-corrected chi connectivity index (χ1v) is 9.74. The average Bonchev–Trinajstić information content (AvgIpc) is 2.72. The molecule has 152 valence electrons. The first-order valence-electron chi connectivity index (χ1n) is 9.36. The van der Waals surface area contributed by atoms with E-state index in [1.165, 1.54) is 6.20 Å². The topological polar surface area (TPSA) is 83.4 Å². The zero-order valence-electron chi connectivity index (χ0n) is 16.5. The van der Waals surface area contributed by atoms with E-state index < -0.39 is 5.91 Å². The lowest BCUT2D eigenvalue weighted by molar-refractivity contribution is -0.112. The second kappa shape index (κ2) is 11.6. The van der Waals surface area contributed by atoms with Crippen molar-refractivity contribution in [3.05, 3.63) is 64.8 Å². The number of carbonyl (C=O) groups excluding carboxylic acids is 1. The van der Waals surface area contributed by atoms with E-state index in [-0.39, 0.29) is 5.57 Å². The van der Waals surface area contributed by atoms with Crippen molar-refractivity contribution in [1.82, 2.24) is 5.32 Å². The molecule has 0 aliphatic rings. The second-order valence-corrected chi connectivity index (χ2v) is 6.42. The minimum absolute atomic E-state index is 0.0124. The highest BCUT2D eigenvalue weighted by atomic mass is 35.5. The summed E-state index contributed by atoms with van der Waals surface area (Å²) in [6.07, 6.45) is 2.11. The Morgan fingerprint density at radius 3 is 2.45 bits per heavy atom. The number of nitrogens with one attached hydrogen (secondary N) is 2. The monoisotopic (exact) mass is 413 g/mol. The molecule has 29 heavy (non-hydrogen) atoms. The largest absolute Gasteiger partial charge is 0.490 e. The van der Waals surface area contributed by atoms with Crippen molar-refractivity contribution >= 4 is 23.2 Å². The van der Waals surface area contributed by atoms with Crippen molar-refractivity contribution in [1.29, 1.82) is 5.26 Å². The van der Waals surface area contributed by atoms with Gasteiger partial charge in [0.25, 0.3) is 5.91 Å². The molecule has 0 aliphatic carbocycles. The maximum Gasteiger partial charge on any atom is 0.267 e. The van der Waals surface area contributed by atoms with Gasteiger partial charge < -0.3 is 20.1 Å². The molecule has 0 spiro atoms. The molecule has 6 nitrogen and oxygen atoms in total. The number of halogens is 1. The lowest BCUT2D eigenvalue weighted by Gasteiger charge is -2.12. The smallest absolute Gasteiger partial charge is 0.267 e. The quantitative estimate of drug-likeness (QED) is 0.344. The minimum atomic E-state index is -0.484. The fraction of sp³-hybridized carbons (Fsp3) is 0.273. The Hall–Kier alpha value is -3.17. The average molecular weight is 414 g/mol. The van der Waals surface area contributed by atoms with E-state index in [9.17, 15) is 10.1 Å². The fourth-order valence-corrected chi connectivity index (χ4v) is 2.65. The predicted molar refractivity (Wildman–Crippen MR) is 114 cm³/mol. The van der Waals surface area contributed by atoms with Gasteiger partial charge in [0.15, 0.2) is 11.5 Å². The summed E-state index contributed by atoms with van der Waals surface area (Å²) >= 11 is 5.82. The molecule has 0 radical (unpaired) electrons. The van der Waals surface area contributed by atoms with Gasteiger partial charge in [0.2, 0.25) is 0 Å². The van der Waals surface area contributed by atoms with Gasteiger partial charge in [0.1, 0.15) is 11.6 Å². The number of nitriles is 1. The molecular formula is C22H24ClN3O3. The number of hydrogen-bond acceptors (Lipinski definition) is 5. The third-order valence-corrected chi connectivity index (χ3v) is 4.13. The number of benzene rings is 2. The second-order valence-electron chi connectivity index (χ2n) is 5.98. The maximum absolute atomic E-state index is 12.2. The molecule has 0 bridgehead atoms. The van der Waals surface area contributed by atoms with Crippen molar-refractivity contribution in [2.24, 2.45) is 0 Å². The van der Waals surface area contributed by atoms with Gasteiger partial charge in [-0.05, 0) is 62.2 Å². The van der Waals surface area contributed by atoms with Gasteiger partial charge >= 0.3 is 0 Å². The van der Waals surface area contributed by atoms with Crippen LogP contribution in [0, 0.1) is 11.3 Å². The Labute approximate surface area is 176 Å². The summed E-state index contributed by atoms with van der Waals surface area (Å²) in [4.78, 5) is 12.2. The van der Waals surface area contributed by atoms with Crippen LogP contribution in [0.15, 0.2) is 54.2 Å². The van der Waals surface area contributed by atoms with Gasteiger partial charge in [-0.25, -0.2) is 0 Å². The van der Waals surface area contributed by atoms with Crippen LogP contribution in [0.2, 0.25) is 5.02 Å². The summed E-state index contributed by atoms with van der Waals surface area (Å²) in [6, 6.07) is 14.4. The van der Waals surface area contributed by atoms with Gasteiger partial charge in [0, 0.05) is 23.5 Å². The Morgan fingerprint density at radius 2 is 1.79 bits per heavy atom. The van der Waals surface area contributed by atoms with Crippen molar-refractivity contribution in [2.75, 3.05) is 25.1 Å². The van der Waals surface area contributed by atoms with E-state index in [2.05, 4.69) is 10.6 Å². The molecule has 2 aromatic carbocycles. The molecule has 0 fully saturated rings. The number of carbonyl (C=O) groups is 1. The molecule has 0 aliphatic heterocycles. The van der Waals surface area contributed by atoms with Crippen LogP contribution < -0.4 is 20.1 Å². The first kappa shape index (κ1) is 22.1. The normalized spacial score (nSPS) is 10.8. The number of ether oxygens (including phenoxy) is 2. The predicted octanol–water partition coefficient (Wildman–Crippen LogP) is 4.32. The Morgan fingerprint density at radius 1 is 1.10 bits per heavy atom. The Balaban J connectivity index is 1.92. The number of amides is 1. The van der Waals surface area contributed by atoms with Crippen LogP contribution in [0.3, 0.4) is 0 Å². The van der Waals surface area contributed by atoms with Gasteiger partial charge in [-0.3, -0.25) is 4.79 Å². The van der Waals surface area contributed by atoms with E-state index in [1.807, 2.05) is 38.1 Å². The highest BCUT2D eigenvalue weighted by Gasteiger charge is 2.09. The van der Waals surface area contributed by atoms with Crippen molar-refractivity contribution in [3.63, 3.8) is 0 Å². The van der Waals surface area contributed by atoms with Gasteiger partial charge in [-0.1, -0.05) is 17.7 Å². The van der Waals surface area contributed by atoms with Crippen molar-refractivity contribution in [2.45, 2.75) is 20.3 Å². The van der Waals surface area contributed by atoms with Crippen molar-refractivity contribution in [3.8, 4) is 17.6 Å². The Bertz CT molecular complexity index is 889. The van der Waals surface area contributed by atoms with Crippen LogP contribution in [-0.2, 0) is 11.2 Å². The molecule has 0 unspecified atom stereocenters. The number of nitrogens with zero attached hydrogens (tertiary/aromatic N) is 1. The standard InChI is InChI=1S/C22H24ClN3O3/c1-3-28-20-10-5-16(13-21(20)29-4-2)11-12-25-15-17(14-24)22(27)26-19-8-6-18(23)7-9-19/h5-10,13,15,25H,3-4,11-12H2,1-2H3,(H,26,27)/b17-15-. The molecule has 0 saturated carbocycles. The molecule has 0 aromatic heterocycles. The molecule has 2 rings (SSSR count). The SMILES string of the molecule is CCOc1ccc(CCN/C=C(/C#N)C(=O)Nc2ccc(Cl)cc2)cc1OCC. The number of rotatable bonds is 10. The third-order valence-electron chi connectivity index (χ3n) is 3.88. The van der Waals surface area contributed by atoms with E-state index in [0.29, 0.717) is 42.6 Å². The molecule has 2 aromatic rings. The van der Waals surface area contributed by atoms with Crippen LogP contribution in [0.1, 0.15) is 19.4 Å². The lowest BCUT2D eigenvalue weighted by atomic mass is 10.1. The van der Waals surface area contributed by atoms with E-state index in [1.54, 1.807) is 24.3 Å². The highest BCUT2D eigenvalue weighted by molar-refractivity contribution is 6.30. The summed E-state index contributed by atoms with van der Waals surface area (Å²) in [7, 11) is 0. The van der Waals surface area contributed by atoms with Gasteiger partial charge in [-0.2, -0.15) is 5.26 Å². The van der Waals surface area contributed by atoms with E-state index in [4.69, 9.17) is 21.1 Å². The highest BCUT2D eigenvalue weighted by Crippen LogP contribution is 2.28. The van der Waals surface area contributed by atoms with Crippen LogP contribution >= 0.6 is 11.6 Å². The molecule has 0 saturated heterocycles. The third kappa shape index (κ3) is 7.05. The number of hydrogen-bond donors (Lipinski definition) is 2. The molecule has 0 atom stereocenters. The van der Waals surface area contributed by atoms with Crippen LogP contribution in [0.25, 0.3) is 0 Å². The number of anilines is 1. The zero-order chi connectivity index (χ0) is 21.1. The summed E-state index contributed by atoms with van der Waals surface area (Å²) in [5.74, 6) is 0.945. The molecular weight excluding hydrogens is 390 g/mol. The maximum atomic E-state index is 12.2. The van der Waals surface area contributed by atoms with Gasteiger partial charge in [-0.15, -0.1) is 0 Å². The van der Waals surface area contributed by atoms with Crippen LogP contribution in [0.5, 0.6) is 11.5 Å². The zero-order valence-corrected chi connectivity index (χ0v) is 17.3. The Kier molecular flexibility index (Phi) is 8.87. The molecule has 2 N–H and O–H groups in total. The van der Waals surface area contributed by atoms with Crippen molar-refractivity contribution < 1.29 is 14.3 Å². The lowest BCUT2D eigenvalue weighted by Crippen LogP contribution is -2.18.